The van der Waals surface area contributed by atoms with Crippen molar-refractivity contribution in [2.24, 2.45) is 0 Å². The molecule has 2 amide bonds. The van der Waals surface area contributed by atoms with Gasteiger partial charge in [-0.15, -0.1) is 0 Å². The third-order valence-corrected chi connectivity index (χ3v) is 3.66. The second kappa shape index (κ2) is 10.1. The van der Waals surface area contributed by atoms with Crippen LogP contribution in [0.5, 0.6) is 0 Å². The highest BCUT2D eigenvalue weighted by atomic mass is 35.5. The van der Waals surface area contributed by atoms with Crippen molar-refractivity contribution >= 4 is 35.2 Å². The van der Waals surface area contributed by atoms with Crippen molar-refractivity contribution in [3.8, 4) is 0 Å². The fraction of sp³-hybridized carbons (Fsp3) is 0.158. The Kier molecular flexibility index (Phi) is 7.51. The molecule has 2 aromatic carbocycles. The maximum absolute atomic E-state index is 11.8. The number of benzene rings is 2. The van der Waals surface area contributed by atoms with E-state index in [1.807, 2.05) is 0 Å². The number of ether oxygens (including phenoxy) is 1. The van der Waals surface area contributed by atoms with Crippen molar-refractivity contribution in [3.63, 3.8) is 0 Å². The number of halogens is 1. The summed E-state index contributed by atoms with van der Waals surface area (Å²) >= 11 is 5.73. The van der Waals surface area contributed by atoms with Gasteiger partial charge in [0.15, 0.2) is 12.4 Å². The number of nitrogens with one attached hydrogen (secondary N) is 2. The van der Waals surface area contributed by atoms with Crippen LogP contribution in [-0.4, -0.2) is 43.3 Å². The van der Waals surface area contributed by atoms with Crippen molar-refractivity contribution in [1.29, 1.82) is 0 Å². The maximum atomic E-state index is 11.8. The minimum Gasteiger partial charge on any atom is -0.456 e. The summed E-state index contributed by atoms with van der Waals surface area (Å²) in [6.45, 7) is -1.12. The third-order valence-electron chi connectivity index (χ3n) is 3.41. The van der Waals surface area contributed by atoms with Crippen molar-refractivity contribution in [2.75, 3.05) is 19.7 Å². The largest absolute Gasteiger partial charge is 0.456 e. The lowest BCUT2D eigenvalue weighted by molar-refractivity contribution is -0.142. The predicted octanol–water partition coefficient (Wildman–Crippen LogP) is 1.61. The topological polar surface area (TPSA) is 102 Å². The van der Waals surface area contributed by atoms with Crippen LogP contribution < -0.4 is 10.6 Å². The lowest BCUT2D eigenvalue weighted by Gasteiger charge is -2.07. The van der Waals surface area contributed by atoms with Gasteiger partial charge in [-0.05, 0) is 24.3 Å². The Morgan fingerprint density at radius 3 is 2.15 bits per heavy atom. The first-order valence-corrected chi connectivity index (χ1v) is 8.38. The van der Waals surface area contributed by atoms with Gasteiger partial charge >= 0.3 is 5.97 Å². The fourth-order valence-electron chi connectivity index (χ4n) is 2.00. The monoisotopic (exact) mass is 388 g/mol. The molecule has 8 heteroatoms. The highest BCUT2D eigenvalue weighted by Gasteiger charge is 2.12. The summed E-state index contributed by atoms with van der Waals surface area (Å²) in [5.41, 5.74) is 0.783. The van der Waals surface area contributed by atoms with Crippen molar-refractivity contribution in [2.45, 2.75) is 0 Å². The molecule has 0 atom stereocenters. The van der Waals surface area contributed by atoms with E-state index in [-0.39, 0.29) is 12.3 Å². The molecular weight excluding hydrogens is 372 g/mol. The molecule has 0 aliphatic heterocycles. The smallest absolute Gasteiger partial charge is 0.325 e. The number of carbonyl (C=O) groups is 4. The SMILES string of the molecule is O=C(CNC(=O)c1ccc(Cl)cc1)NCC(=O)OCC(=O)c1ccccc1. The zero-order valence-corrected chi connectivity index (χ0v) is 15.0. The number of esters is 1. The molecule has 0 unspecified atom stereocenters. The fourth-order valence-corrected chi connectivity index (χ4v) is 2.13. The quantitative estimate of drug-likeness (QED) is 0.528. The number of hydrogen-bond acceptors (Lipinski definition) is 5. The molecule has 0 heterocycles. The van der Waals surface area contributed by atoms with Crippen LogP contribution in [0.4, 0.5) is 0 Å². The summed E-state index contributed by atoms with van der Waals surface area (Å²) in [5, 5.41) is 5.21. The molecule has 2 aromatic rings. The second-order valence-electron chi connectivity index (χ2n) is 5.42. The molecule has 0 radical (unpaired) electrons. The minimum atomic E-state index is -0.753. The van der Waals surface area contributed by atoms with Gasteiger partial charge in [0.25, 0.3) is 5.91 Å². The Morgan fingerprint density at radius 1 is 0.815 bits per heavy atom. The van der Waals surface area contributed by atoms with Gasteiger partial charge in [0.05, 0.1) is 6.54 Å². The van der Waals surface area contributed by atoms with E-state index in [1.165, 1.54) is 12.1 Å². The Balaban J connectivity index is 1.66. The Labute approximate surface area is 160 Å². The summed E-state index contributed by atoms with van der Waals surface area (Å²) in [5.74, 6) is -2.11. The average molecular weight is 389 g/mol. The zero-order valence-electron chi connectivity index (χ0n) is 14.2. The summed E-state index contributed by atoms with van der Waals surface area (Å²) < 4.78 is 4.81. The van der Waals surface area contributed by atoms with Crippen molar-refractivity contribution < 1.29 is 23.9 Å². The number of Topliss-reactive ketones (excluding diaryl/α,β-unsaturated/α-hetero) is 1. The first-order valence-electron chi connectivity index (χ1n) is 8.00. The van der Waals surface area contributed by atoms with Crippen molar-refractivity contribution in [1.82, 2.24) is 10.6 Å². The maximum Gasteiger partial charge on any atom is 0.325 e. The highest BCUT2D eigenvalue weighted by Crippen LogP contribution is 2.09. The first-order chi connectivity index (χ1) is 13.0. The van der Waals surface area contributed by atoms with E-state index < -0.39 is 30.9 Å². The van der Waals surface area contributed by atoms with E-state index in [9.17, 15) is 19.2 Å². The lowest BCUT2D eigenvalue weighted by atomic mass is 10.1. The molecule has 27 heavy (non-hydrogen) atoms. The lowest BCUT2D eigenvalue weighted by Crippen LogP contribution is -2.39. The van der Waals surface area contributed by atoms with E-state index in [0.29, 0.717) is 16.1 Å². The molecule has 2 rings (SSSR count). The second-order valence-corrected chi connectivity index (χ2v) is 5.85. The van der Waals surface area contributed by atoms with Crippen LogP contribution in [0.15, 0.2) is 54.6 Å². The van der Waals surface area contributed by atoms with E-state index in [4.69, 9.17) is 16.3 Å². The predicted molar refractivity (Wildman–Crippen MR) is 98.5 cm³/mol. The molecule has 0 saturated carbocycles. The van der Waals surface area contributed by atoms with Gasteiger partial charge in [-0.2, -0.15) is 0 Å². The molecular formula is C19H17ClN2O5. The third kappa shape index (κ3) is 6.91. The van der Waals surface area contributed by atoms with Gasteiger partial charge in [-0.3, -0.25) is 19.2 Å². The van der Waals surface area contributed by atoms with Crippen LogP contribution in [0.25, 0.3) is 0 Å². The van der Waals surface area contributed by atoms with Gasteiger partial charge in [-0.1, -0.05) is 41.9 Å². The molecule has 140 valence electrons. The van der Waals surface area contributed by atoms with Crippen LogP contribution >= 0.6 is 11.6 Å². The molecule has 7 nitrogen and oxygen atoms in total. The molecule has 0 spiro atoms. The van der Waals surface area contributed by atoms with Crippen LogP contribution in [-0.2, 0) is 14.3 Å². The summed E-state index contributed by atoms with van der Waals surface area (Å²) in [7, 11) is 0. The van der Waals surface area contributed by atoms with E-state index in [1.54, 1.807) is 42.5 Å². The molecule has 0 aromatic heterocycles. The number of ketones is 1. The zero-order chi connectivity index (χ0) is 19.6. The molecule has 0 bridgehead atoms. The van der Waals surface area contributed by atoms with Gasteiger partial charge in [0.1, 0.15) is 6.54 Å². The number of amides is 2. The van der Waals surface area contributed by atoms with E-state index >= 15 is 0 Å². The Morgan fingerprint density at radius 2 is 1.48 bits per heavy atom. The summed E-state index contributed by atoms with van der Waals surface area (Å²) in [6.07, 6.45) is 0. The summed E-state index contributed by atoms with van der Waals surface area (Å²) in [4.78, 5) is 46.9. The minimum absolute atomic E-state index is 0.308. The molecule has 0 saturated heterocycles. The van der Waals surface area contributed by atoms with Crippen LogP contribution in [0, 0.1) is 0 Å². The standard InChI is InChI=1S/C19H17ClN2O5/c20-15-8-6-14(7-9-15)19(26)22-10-17(24)21-11-18(25)27-12-16(23)13-4-2-1-3-5-13/h1-9H,10-12H2,(H,21,24)(H,22,26). The molecule has 0 aliphatic carbocycles. The van der Waals surface area contributed by atoms with Crippen molar-refractivity contribution in [3.05, 3.63) is 70.7 Å². The number of carbonyl (C=O) groups excluding carboxylic acids is 4. The Hall–Kier alpha value is -3.19. The molecule has 0 fully saturated rings. The van der Waals surface area contributed by atoms with Crippen LogP contribution in [0.3, 0.4) is 0 Å². The Bertz CT molecular complexity index is 822. The van der Waals surface area contributed by atoms with Crippen LogP contribution in [0.1, 0.15) is 20.7 Å². The highest BCUT2D eigenvalue weighted by molar-refractivity contribution is 6.30. The van der Waals surface area contributed by atoms with Gasteiger partial charge in [-0.25, -0.2) is 0 Å². The van der Waals surface area contributed by atoms with Crippen LogP contribution in [0.2, 0.25) is 5.02 Å². The first kappa shape index (κ1) is 20.1. The molecule has 0 aliphatic rings. The van der Waals surface area contributed by atoms with Gasteiger partial charge < -0.3 is 15.4 Å². The van der Waals surface area contributed by atoms with E-state index in [2.05, 4.69) is 10.6 Å². The number of rotatable bonds is 8. The molecule has 2 N–H and O–H groups in total. The van der Waals surface area contributed by atoms with Gasteiger partial charge in [0.2, 0.25) is 5.91 Å². The number of hydrogen-bond donors (Lipinski definition) is 2. The van der Waals surface area contributed by atoms with E-state index in [0.717, 1.165) is 0 Å². The summed E-state index contributed by atoms with van der Waals surface area (Å²) in [6, 6.07) is 14.6. The van der Waals surface area contributed by atoms with Gasteiger partial charge in [0, 0.05) is 16.1 Å². The average Bonchev–Trinajstić information content (AvgIpc) is 2.69. The normalized spacial score (nSPS) is 9.96.